The third-order valence-electron chi connectivity index (χ3n) is 3.88. The molecule has 1 aliphatic carbocycles. The lowest BCUT2D eigenvalue weighted by molar-refractivity contribution is -0.122. The first kappa shape index (κ1) is 13.0. The topological polar surface area (TPSA) is 17.1 Å². The number of hydrogen-bond acceptors (Lipinski definition) is 1. The van der Waals surface area contributed by atoms with E-state index < -0.39 is 11.6 Å². The molecule has 0 heterocycles. The van der Waals surface area contributed by atoms with Crippen LogP contribution < -0.4 is 0 Å². The van der Waals surface area contributed by atoms with Gasteiger partial charge in [-0.1, -0.05) is 24.3 Å². The Morgan fingerprint density at radius 2 is 1.70 bits per heavy atom. The van der Waals surface area contributed by atoms with Gasteiger partial charge in [0.2, 0.25) is 0 Å². The molecule has 0 radical (unpaired) electrons. The Morgan fingerprint density at radius 1 is 1.05 bits per heavy atom. The highest BCUT2D eigenvalue weighted by atomic mass is 19.1. The zero-order valence-electron chi connectivity index (χ0n) is 10.9. The van der Waals surface area contributed by atoms with Gasteiger partial charge < -0.3 is 0 Å². The summed E-state index contributed by atoms with van der Waals surface area (Å²) in [5, 5.41) is 0. The number of fused-ring (bicyclic) bond motifs is 1. The van der Waals surface area contributed by atoms with Crippen LogP contribution in [0, 0.1) is 17.6 Å². The van der Waals surface area contributed by atoms with Gasteiger partial charge in [0.15, 0.2) is 0 Å². The van der Waals surface area contributed by atoms with Crippen LogP contribution in [0.3, 0.4) is 0 Å². The first-order valence-corrected chi connectivity index (χ1v) is 6.67. The van der Waals surface area contributed by atoms with Gasteiger partial charge in [-0.05, 0) is 47.7 Å². The minimum atomic E-state index is -0.518. The molecule has 0 atom stereocenters. The highest BCUT2D eigenvalue weighted by Crippen LogP contribution is 2.28. The summed E-state index contributed by atoms with van der Waals surface area (Å²) < 4.78 is 26.7. The summed E-state index contributed by atoms with van der Waals surface area (Å²) in [4.78, 5) is 12.3. The Morgan fingerprint density at radius 3 is 2.35 bits per heavy atom. The third kappa shape index (κ3) is 2.48. The molecule has 0 N–H and O–H groups in total. The zero-order valence-corrected chi connectivity index (χ0v) is 10.9. The van der Waals surface area contributed by atoms with Crippen LogP contribution in [0.25, 0.3) is 0 Å². The van der Waals surface area contributed by atoms with Crippen LogP contribution in [0.1, 0.15) is 16.7 Å². The van der Waals surface area contributed by atoms with Crippen molar-refractivity contribution >= 4 is 5.78 Å². The Hall–Kier alpha value is -2.03. The Bertz CT molecular complexity index is 639. The summed E-state index contributed by atoms with van der Waals surface area (Å²) in [6.45, 7) is 0. The maximum atomic E-state index is 13.6. The van der Waals surface area contributed by atoms with Crippen molar-refractivity contribution in [2.45, 2.75) is 19.3 Å². The van der Waals surface area contributed by atoms with E-state index in [0.717, 1.165) is 18.2 Å². The minimum Gasteiger partial charge on any atom is -0.299 e. The van der Waals surface area contributed by atoms with E-state index in [2.05, 4.69) is 0 Å². The molecule has 0 spiro atoms. The molecule has 1 nitrogen and oxygen atoms in total. The standard InChI is InChI=1S/C17H14F2O/c18-15-5-6-16(19)13(9-15)10-17(20)14-7-11-3-1-2-4-12(11)8-14/h1-6,9,14H,7-8,10H2. The molecule has 0 aliphatic heterocycles. The van der Waals surface area contributed by atoms with Crippen LogP contribution >= 0.6 is 0 Å². The second-order valence-electron chi connectivity index (χ2n) is 5.25. The number of carbonyl (C=O) groups excluding carboxylic acids is 1. The second kappa shape index (κ2) is 5.16. The molecule has 0 fully saturated rings. The third-order valence-corrected chi connectivity index (χ3v) is 3.88. The predicted molar refractivity (Wildman–Crippen MR) is 72.4 cm³/mol. The lowest BCUT2D eigenvalue weighted by atomic mass is 9.95. The van der Waals surface area contributed by atoms with Gasteiger partial charge in [-0.15, -0.1) is 0 Å². The molecule has 2 aromatic rings. The molecule has 0 bridgehead atoms. The number of halogens is 2. The Balaban J connectivity index is 1.74. The number of benzene rings is 2. The van der Waals surface area contributed by atoms with Crippen molar-refractivity contribution in [2.75, 3.05) is 0 Å². The van der Waals surface area contributed by atoms with E-state index >= 15 is 0 Å². The Kier molecular flexibility index (Phi) is 3.35. The molecule has 20 heavy (non-hydrogen) atoms. The molecule has 2 aromatic carbocycles. The van der Waals surface area contributed by atoms with Crippen LogP contribution in [0.5, 0.6) is 0 Å². The van der Waals surface area contributed by atoms with E-state index in [1.54, 1.807) is 0 Å². The molecule has 0 amide bonds. The molecule has 0 aromatic heterocycles. The van der Waals surface area contributed by atoms with E-state index in [4.69, 9.17) is 0 Å². The summed E-state index contributed by atoms with van der Waals surface area (Å²) in [6.07, 6.45) is 1.36. The van der Waals surface area contributed by atoms with Crippen LogP contribution in [0.2, 0.25) is 0 Å². The van der Waals surface area contributed by atoms with Gasteiger partial charge in [0.1, 0.15) is 17.4 Å². The van der Waals surface area contributed by atoms with Crippen molar-refractivity contribution in [3.63, 3.8) is 0 Å². The van der Waals surface area contributed by atoms with Crippen molar-refractivity contribution in [1.82, 2.24) is 0 Å². The van der Waals surface area contributed by atoms with Crippen LogP contribution in [-0.2, 0) is 24.1 Å². The fraction of sp³-hybridized carbons (Fsp3) is 0.235. The monoisotopic (exact) mass is 272 g/mol. The zero-order chi connectivity index (χ0) is 14.1. The average Bonchev–Trinajstić information content (AvgIpc) is 2.87. The first-order chi connectivity index (χ1) is 9.63. The molecule has 3 rings (SSSR count). The van der Waals surface area contributed by atoms with E-state index in [1.165, 1.54) is 11.1 Å². The lowest BCUT2D eigenvalue weighted by Crippen LogP contribution is -2.17. The van der Waals surface area contributed by atoms with Crippen LogP contribution in [0.15, 0.2) is 42.5 Å². The molecule has 3 heteroatoms. The molecular formula is C17H14F2O. The van der Waals surface area contributed by atoms with Crippen molar-refractivity contribution in [3.05, 3.63) is 70.8 Å². The number of carbonyl (C=O) groups is 1. The molecule has 102 valence electrons. The van der Waals surface area contributed by atoms with Crippen molar-refractivity contribution in [1.29, 1.82) is 0 Å². The maximum Gasteiger partial charge on any atom is 0.141 e. The maximum absolute atomic E-state index is 13.6. The lowest BCUT2D eigenvalue weighted by Gasteiger charge is -2.08. The number of hydrogen-bond donors (Lipinski definition) is 0. The van der Waals surface area contributed by atoms with E-state index in [1.807, 2.05) is 24.3 Å². The van der Waals surface area contributed by atoms with Gasteiger partial charge >= 0.3 is 0 Å². The van der Waals surface area contributed by atoms with Gasteiger partial charge in [-0.2, -0.15) is 0 Å². The summed E-state index contributed by atoms with van der Waals surface area (Å²) in [6, 6.07) is 11.2. The van der Waals surface area contributed by atoms with Gasteiger partial charge in [-0.3, -0.25) is 4.79 Å². The normalized spacial score (nSPS) is 14.3. The molecule has 0 saturated carbocycles. The molecular weight excluding hydrogens is 258 g/mol. The van der Waals surface area contributed by atoms with Crippen LogP contribution in [-0.4, -0.2) is 5.78 Å². The van der Waals surface area contributed by atoms with E-state index in [9.17, 15) is 13.6 Å². The fourth-order valence-electron chi connectivity index (χ4n) is 2.80. The summed E-state index contributed by atoms with van der Waals surface area (Å²) in [5.41, 5.74) is 2.52. The second-order valence-corrected chi connectivity index (χ2v) is 5.25. The quantitative estimate of drug-likeness (QED) is 0.836. The van der Waals surface area contributed by atoms with E-state index in [-0.39, 0.29) is 23.7 Å². The van der Waals surface area contributed by atoms with Gasteiger partial charge in [0.05, 0.1) is 0 Å². The number of ketones is 1. The number of Topliss-reactive ketones (excluding diaryl/α,β-unsaturated/α-hetero) is 1. The molecule has 1 aliphatic rings. The predicted octanol–water partition coefficient (Wildman–Crippen LogP) is 3.49. The molecule has 0 unspecified atom stereocenters. The first-order valence-electron chi connectivity index (χ1n) is 6.67. The van der Waals surface area contributed by atoms with E-state index in [0.29, 0.717) is 12.8 Å². The largest absolute Gasteiger partial charge is 0.299 e. The van der Waals surface area contributed by atoms with Gasteiger partial charge in [0.25, 0.3) is 0 Å². The summed E-state index contributed by atoms with van der Waals surface area (Å²) >= 11 is 0. The van der Waals surface area contributed by atoms with Gasteiger partial charge in [-0.25, -0.2) is 8.78 Å². The highest BCUT2D eigenvalue weighted by molar-refractivity contribution is 5.84. The summed E-state index contributed by atoms with van der Waals surface area (Å²) in [7, 11) is 0. The van der Waals surface area contributed by atoms with Crippen molar-refractivity contribution < 1.29 is 13.6 Å². The van der Waals surface area contributed by atoms with Gasteiger partial charge in [0, 0.05) is 12.3 Å². The Labute approximate surface area is 116 Å². The SMILES string of the molecule is O=C(Cc1cc(F)ccc1F)C1Cc2ccccc2C1. The minimum absolute atomic E-state index is 0.0225. The smallest absolute Gasteiger partial charge is 0.141 e. The van der Waals surface area contributed by atoms with Crippen molar-refractivity contribution in [2.24, 2.45) is 5.92 Å². The molecule has 0 saturated heterocycles. The van der Waals surface area contributed by atoms with Crippen LogP contribution in [0.4, 0.5) is 8.78 Å². The summed E-state index contributed by atoms with van der Waals surface area (Å²) in [5.74, 6) is -1.17. The average molecular weight is 272 g/mol. The number of rotatable bonds is 3. The van der Waals surface area contributed by atoms with Crippen molar-refractivity contribution in [3.8, 4) is 0 Å². The highest BCUT2D eigenvalue weighted by Gasteiger charge is 2.27. The fourth-order valence-corrected chi connectivity index (χ4v) is 2.80.